The Morgan fingerprint density at radius 1 is 1.04 bits per heavy atom. The average molecular weight is 364 g/mol. The highest BCUT2D eigenvalue weighted by Crippen LogP contribution is 2.16. The van der Waals surface area contributed by atoms with Gasteiger partial charge in [0.1, 0.15) is 0 Å². The second kappa shape index (κ2) is 7.08. The first-order chi connectivity index (χ1) is 11.5. The minimum Gasteiger partial charge on any atom is -0.209 e. The maximum atomic E-state index is 12.1. The number of hydrogen-bond acceptors (Lipinski definition) is 5. The first kappa shape index (κ1) is 16.6. The topological polar surface area (TPSA) is 89.8 Å². The van der Waals surface area contributed by atoms with Crippen LogP contribution in [0.3, 0.4) is 0 Å². The van der Waals surface area contributed by atoms with E-state index in [9.17, 15) is 8.42 Å². The number of halogens is 1. The number of sulfonamides is 1. The first-order valence-corrected chi connectivity index (χ1v) is 8.99. The second-order valence-corrected chi connectivity index (χ2v) is 7.13. The minimum absolute atomic E-state index is 0.160. The molecule has 0 bridgehead atoms. The van der Waals surface area contributed by atoms with Crippen molar-refractivity contribution >= 4 is 21.6 Å². The van der Waals surface area contributed by atoms with Crippen LogP contribution < -0.4 is 4.72 Å². The third kappa shape index (κ3) is 3.97. The lowest BCUT2D eigenvalue weighted by atomic mass is 10.2. The number of nitrogens with one attached hydrogen (secondary N) is 1. The molecule has 3 rings (SSSR count). The molecule has 0 radical (unpaired) electrons. The zero-order chi connectivity index (χ0) is 17.0. The number of aromatic nitrogens is 4. The summed E-state index contributed by atoms with van der Waals surface area (Å²) in [5.41, 5.74) is 0.788. The molecule has 0 aliphatic heterocycles. The van der Waals surface area contributed by atoms with Crippen LogP contribution in [-0.4, -0.2) is 35.2 Å². The van der Waals surface area contributed by atoms with Crippen molar-refractivity contribution in [1.29, 1.82) is 0 Å². The lowest BCUT2D eigenvalue weighted by Gasteiger charge is -2.05. The Labute approximate surface area is 144 Å². The highest BCUT2D eigenvalue weighted by Gasteiger charge is 2.13. The van der Waals surface area contributed by atoms with Crippen molar-refractivity contribution in [2.45, 2.75) is 11.4 Å². The van der Waals surface area contributed by atoms with Crippen molar-refractivity contribution in [3.8, 4) is 11.4 Å². The molecule has 0 aliphatic rings. The van der Waals surface area contributed by atoms with Gasteiger partial charge in [0.05, 0.1) is 11.4 Å². The van der Waals surface area contributed by atoms with Gasteiger partial charge >= 0.3 is 0 Å². The highest BCUT2D eigenvalue weighted by atomic mass is 35.5. The van der Waals surface area contributed by atoms with Crippen LogP contribution >= 0.6 is 11.6 Å². The smallest absolute Gasteiger partial charge is 0.209 e. The molecule has 24 heavy (non-hydrogen) atoms. The molecule has 3 aromatic rings. The SMILES string of the molecule is O=S(=O)(NCCn1nnc(-c2ccc(Cl)cc2)n1)c1ccccc1. The molecule has 124 valence electrons. The molecule has 0 saturated carbocycles. The first-order valence-electron chi connectivity index (χ1n) is 7.13. The quantitative estimate of drug-likeness (QED) is 0.723. The van der Waals surface area contributed by atoms with Crippen LogP contribution in [0.4, 0.5) is 0 Å². The average Bonchev–Trinajstić information content (AvgIpc) is 3.05. The Balaban J connectivity index is 1.61. The Morgan fingerprint density at radius 3 is 2.46 bits per heavy atom. The van der Waals surface area contributed by atoms with Crippen molar-refractivity contribution in [1.82, 2.24) is 24.9 Å². The lowest BCUT2D eigenvalue weighted by Crippen LogP contribution is -2.28. The predicted molar refractivity (Wildman–Crippen MR) is 89.9 cm³/mol. The van der Waals surface area contributed by atoms with E-state index < -0.39 is 10.0 Å². The number of nitrogens with zero attached hydrogens (tertiary/aromatic N) is 4. The van der Waals surface area contributed by atoms with Crippen LogP contribution in [0, 0.1) is 0 Å². The molecule has 9 heteroatoms. The number of benzene rings is 2. The fraction of sp³-hybridized carbons (Fsp3) is 0.133. The molecule has 7 nitrogen and oxygen atoms in total. The monoisotopic (exact) mass is 363 g/mol. The van der Waals surface area contributed by atoms with Gasteiger partial charge in [0.15, 0.2) is 0 Å². The molecule has 0 spiro atoms. The molecule has 2 aromatic carbocycles. The van der Waals surface area contributed by atoms with Gasteiger partial charge in [-0.2, -0.15) is 4.80 Å². The van der Waals surface area contributed by atoms with E-state index in [2.05, 4.69) is 20.1 Å². The van der Waals surface area contributed by atoms with Crippen LogP contribution in [0.5, 0.6) is 0 Å². The molecule has 0 amide bonds. The van der Waals surface area contributed by atoms with E-state index in [0.29, 0.717) is 10.8 Å². The van der Waals surface area contributed by atoms with E-state index in [0.717, 1.165) is 5.56 Å². The van der Waals surface area contributed by atoms with Crippen molar-refractivity contribution in [2.24, 2.45) is 0 Å². The second-order valence-electron chi connectivity index (χ2n) is 4.93. The molecule has 0 aliphatic carbocycles. The summed E-state index contributed by atoms with van der Waals surface area (Å²) in [5, 5.41) is 12.7. The van der Waals surface area contributed by atoms with Crippen molar-refractivity contribution in [2.75, 3.05) is 6.54 Å². The Bertz CT molecular complexity index is 911. The molecular formula is C15H14ClN5O2S. The third-order valence-corrected chi connectivity index (χ3v) is 4.94. The van der Waals surface area contributed by atoms with Crippen LogP contribution in [0.1, 0.15) is 0 Å². The van der Waals surface area contributed by atoms with Crippen LogP contribution in [0.15, 0.2) is 59.5 Å². The Hall–Kier alpha value is -2.29. The van der Waals surface area contributed by atoms with Crippen LogP contribution in [0.25, 0.3) is 11.4 Å². The highest BCUT2D eigenvalue weighted by molar-refractivity contribution is 7.89. The van der Waals surface area contributed by atoms with E-state index in [-0.39, 0.29) is 18.0 Å². The maximum absolute atomic E-state index is 12.1. The van der Waals surface area contributed by atoms with Gasteiger partial charge < -0.3 is 0 Å². The van der Waals surface area contributed by atoms with Gasteiger partial charge in [0.25, 0.3) is 0 Å². The molecule has 0 atom stereocenters. The zero-order valence-electron chi connectivity index (χ0n) is 12.5. The Morgan fingerprint density at radius 2 is 1.75 bits per heavy atom. The number of rotatable bonds is 6. The minimum atomic E-state index is -3.53. The molecular weight excluding hydrogens is 350 g/mol. The fourth-order valence-electron chi connectivity index (χ4n) is 2.02. The summed E-state index contributed by atoms with van der Waals surface area (Å²) < 4.78 is 26.7. The summed E-state index contributed by atoms with van der Waals surface area (Å²) in [4.78, 5) is 1.57. The van der Waals surface area contributed by atoms with E-state index in [4.69, 9.17) is 11.6 Å². The molecule has 0 fully saturated rings. The van der Waals surface area contributed by atoms with Gasteiger partial charge in [-0.3, -0.25) is 0 Å². The molecule has 1 N–H and O–H groups in total. The summed E-state index contributed by atoms with van der Waals surface area (Å²) >= 11 is 5.84. The summed E-state index contributed by atoms with van der Waals surface area (Å²) in [6.45, 7) is 0.431. The van der Waals surface area contributed by atoms with Gasteiger partial charge in [0, 0.05) is 17.1 Å². The fourth-order valence-corrected chi connectivity index (χ4v) is 3.18. The van der Waals surface area contributed by atoms with Gasteiger partial charge in [-0.05, 0) is 41.6 Å². The van der Waals surface area contributed by atoms with Crippen LogP contribution in [-0.2, 0) is 16.6 Å². The van der Waals surface area contributed by atoms with E-state index in [1.165, 1.54) is 16.9 Å². The van der Waals surface area contributed by atoms with E-state index in [1.54, 1.807) is 42.5 Å². The molecule has 0 saturated heterocycles. The number of hydrogen-bond donors (Lipinski definition) is 1. The summed E-state index contributed by atoms with van der Waals surface area (Å²) in [6, 6.07) is 15.2. The molecule has 1 aromatic heterocycles. The molecule has 1 heterocycles. The van der Waals surface area contributed by atoms with Crippen molar-refractivity contribution in [3.05, 3.63) is 59.6 Å². The van der Waals surface area contributed by atoms with E-state index in [1.807, 2.05) is 0 Å². The lowest BCUT2D eigenvalue weighted by molar-refractivity contribution is 0.511. The normalized spacial score (nSPS) is 11.5. The number of tetrazole rings is 1. The maximum Gasteiger partial charge on any atom is 0.240 e. The van der Waals surface area contributed by atoms with Crippen molar-refractivity contribution in [3.63, 3.8) is 0 Å². The van der Waals surface area contributed by atoms with Gasteiger partial charge in [-0.15, -0.1) is 10.2 Å². The Kier molecular flexibility index (Phi) is 4.89. The summed E-state index contributed by atoms with van der Waals surface area (Å²) in [7, 11) is -3.53. The third-order valence-electron chi connectivity index (χ3n) is 3.21. The van der Waals surface area contributed by atoms with Gasteiger partial charge in [-0.25, -0.2) is 13.1 Å². The van der Waals surface area contributed by atoms with Crippen LogP contribution in [0.2, 0.25) is 5.02 Å². The zero-order valence-corrected chi connectivity index (χ0v) is 14.1. The standard InChI is InChI=1S/C15H14ClN5O2S/c16-13-8-6-12(7-9-13)15-18-20-21(19-15)11-10-17-24(22,23)14-4-2-1-3-5-14/h1-9,17H,10-11H2. The predicted octanol–water partition coefficient (Wildman–Crippen LogP) is 1.97. The molecule has 0 unspecified atom stereocenters. The summed E-state index contributed by atoms with van der Waals surface area (Å²) in [5.74, 6) is 0.456. The largest absolute Gasteiger partial charge is 0.240 e. The van der Waals surface area contributed by atoms with E-state index >= 15 is 0 Å². The van der Waals surface area contributed by atoms with Gasteiger partial charge in [0.2, 0.25) is 15.8 Å². The van der Waals surface area contributed by atoms with Gasteiger partial charge in [-0.1, -0.05) is 29.8 Å². The van der Waals surface area contributed by atoms with Crippen molar-refractivity contribution < 1.29 is 8.42 Å². The summed E-state index contributed by atoms with van der Waals surface area (Å²) in [6.07, 6.45) is 0.